The average molecular weight is 457 g/mol. The molecule has 0 unspecified atom stereocenters. The lowest BCUT2D eigenvalue weighted by molar-refractivity contribution is -0.115. The molecule has 0 fully saturated rings. The highest BCUT2D eigenvalue weighted by Gasteiger charge is 2.12. The maximum Gasteiger partial charge on any atom is 0.323 e. The average Bonchev–Trinajstić information content (AvgIpc) is 3.25. The Hall–Kier alpha value is -3.97. The van der Waals surface area contributed by atoms with Gasteiger partial charge in [-0.25, -0.2) is 9.78 Å². The van der Waals surface area contributed by atoms with Crippen molar-refractivity contribution < 1.29 is 9.59 Å². The van der Waals surface area contributed by atoms with Crippen molar-refractivity contribution in [3.8, 4) is 10.6 Å². The largest absolute Gasteiger partial charge is 0.325 e. The number of nitrogens with zero attached hydrogens (tertiary/aromatic N) is 1. The standard InChI is InChI=1S/C26H24N4O2S/c1-17-8-11-19(12-9-17)25-27-22(16-33-25)15-24(31)30-23-14-21(13-10-18(23)2)29-26(32)28-20-6-4-3-5-7-20/h3-14,16H,15H2,1-2H3,(H,30,31)(H2,28,29,32). The van der Waals surface area contributed by atoms with E-state index < -0.39 is 0 Å². The summed E-state index contributed by atoms with van der Waals surface area (Å²) < 4.78 is 0. The highest BCUT2D eigenvalue weighted by Crippen LogP contribution is 2.25. The van der Waals surface area contributed by atoms with Crippen LogP contribution in [0.25, 0.3) is 10.6 Å². The van der Waals surface area contributed by atoms with Gasteiger partial charge in [-0.15, -0.1) is 11.3 Å². The fraction of sp³-hybridized carbons (Fsp3) is 0.115. The minimum atomic E-state index is -0.353. The SMILES string of the molecule is Cc1ccc(-c2nc(CC(=O)Nc3cc(NC(=O)Nc4ccccc4)ccc3C)cs2)cc1. The van der Waals surface area contributed by atoms with Crippen molar-refractivity contribution in [3.05, 3.63) is 95.0 Å². The number of para-hydroxylation sites is 1. The Morgan fingerprint density at radius 1 is 0.848 bits per heavy atom. The first-order valence-electron chi connectivity index (χ1n) is 10.5. The van der Waals surface area contributed by atoms with Gasteiger partial charge in [0.15, 0.2) is 0 Å². The normalized spacial score (nSPS) is 10.5. The summed E-state index contributed by atoms with van der Waals surface area (Å²) in [5.41, 5.74) is 5.79. The zero-order valence-electron chi connectivity index (χ0n) is 18.4. The third-order valence-electron chi connectivity index (χ3n) is 4.99. The van der Waals surface area contributed by atoms with Crippen LogP contribution >= 0.6 is 11.3 Å². The van der Waals surface area contributed by atoms with Crippen molar-refractivity contribution in [2.45, 2.75) is 20.3 Å². The van der Waals surface area contributed by atoms with Gasteiger partial charge in [0.1, 0.15) is 5.01 Å². The molecule has 1 aromatic heterocycles. The van der Waals surface area contributed by atoms with Gasteiger partial charge in [0.25, 0.3) is 0 Å². The van der Waals surface area contributed by atoms with Crippen molar-refractivity contribution in [1.82, 2.24) is 4.98 Å². The Morgan fingerprint density at radius 3 is 2.33 bits per heavy atom. The van der Waals surface area contributed by atoms with E-state index in [9.17, 15) is 9.59 Å². The molecule has 0 spiro atoms. The van der Waals surface area contributed by atoms with Gasteiger partial charge in [-0.3, -0.25) is 4.79 Å². The molecular weight excluding hydrogens is 432 g/mol. The predicted molar refractivity (Wildman–Crippen MR) is 135 cm³/mol. The minimum absolute atomic E-state index is 0.162. The molecular formula is C26H24N4O2S. The van der Waals surface area contributed by atoms with Crippen molar-refractivity contribution in [3.63, 3.8) is 0 Å². The first-order chi connectivity index (χ1) is 16.0. The van der Waals surface area contributed by atoms with E-state index in [0.717, 1.165) is 21.8 Å². The molecule has 0 aliphatic rings. The first-order valence-corrected chi connectivity index (χ1v) is 11.4. The molecule has 6 nitrogen and oxygen atoms in total. The van der Waals surface area contributed by atoms with Gasteiger partial charge < -0.3 is 16.0 Å². The quantitative estimate of drug-likeness (QED) is 0.321. The lowest BCUT2D eigenvalue weighted by atomic mass is 10.1. The van der Waals surface area contributed by atoms with Crippen LogP contribution in [0, 0.1) is 13.8 Å². The number of hydrogen-bond acceptors (Lipinski definition) is 4. The molecule has 0 bridgehead atoms. The molecule has 3 N–H and O–H groups in total. The molecule has 0 aliphatic carbocycles. The fourth-order valence-electron chi connectivity index (χ4n) is 3.23. The van der Waals surface area contributed by atoms with E-state index in [1.165, 1.54) is 16.9 Å². The number of amides is 3. The van der Waals surface area contributed by atoms with Crippen molar-refractivity contribution in [2.24, 2.45) is 0 Å². The van der Waals surface area contributed by atoms with Crippen molar-refractivity contribution in [2.75, 3.05) is 16.0 Å². The third kappa shape index (κ3) is 6.05. The molecule has 0 saturated heterocycles. The van der Waals surface area contributed by atoms with Crippen LogP contribution in [0.3, 0.4) is 0 Å². The van der Waals surface area contributed by atoms with Gasteiger partial charge in [-0.1, -0.05) is 54.1 Å². The number of anilines is 3. The van der Waals surface area contributed by atoms with E-state index >= 15 is 0 Å². The van der Waals surface area contributed by atoms with Crippen molar-refractivity contribution >= 4 is 40.3 Å². The van der Waals surface area contributed by atoms with Crippen LogP contribution in [0.2, 0.25) is 0 Å². The Labute approximate surface area is 196 Å². The van der Waals surface area contributed by atoms with Crippen LogP contribution in [0.15, 0.2) is 78.2 Å². The van der Waals surface area contributed by atoms with E-state index in [1.54, 1.807) is 12.1 Å². The number of benzene rings is 3. The van der Waals surface area contributed by atoms with E-state index in [1.807, 2.05) is 79.9 Å². The number of carbonyl (C=O) groups excluding carboxylic acids is 2. The Bertz CT molecular complexity index is 1270. The number of thiazole rings is 1. The summed E-state index contributed by atoms with van der Waals surface area (Å²) in [6.07, 6.45) is 0.175. The van der Waals surface area contributed by atoms with Crippen LogP contribution in [0.4, 0.5) is 21.9 Å². The summed E-state index contributed by atoms with van der Waals surface area (Å²) >= 11 is 1.52. The summed E-state index contributed by atoms with van der Waals surface area (Å²) in [4.78, 5) is 29.5. The number of nitrogens with one attached hydrogen (secondary N) is 3. The monoisotopic (exact) mass is 456 g/mol. The highest BCUT2D eigenvalue weighted by atomic mass is 32.1. The molecule has 0 atom stereocenters. The third-order valence-corrected chi connectivity index (χ3v) is 5.93. The number of aryl methyl sites for hydroxylation is 2. The summed E-state index contributed by atoms with van der Waals surface area (Å²) in [7, 11) is 0. The van der Waals surface area contributed by atoms with Crippen LogP contribution in [0.1, 0.15) is 16.8 Å². The maximum absolute atomic E-state index is 12.7. The lowest BCUT2D eigenvalue weighted by Gasteiger charge is -2.12. The van der Waals surface area contributed by atoms with E-state index in [0.29, 0.717) is 17.1 Å². The van der Waals surface area contributed by atoms with Gasteiger partial charge >= 0.3 is 6.03 Å². The van der Waals surface area contributed by atoms with E-state index in [2.05, 4.69) is 20.9 Å². The number of hydrogen-bond donors (Lipinski definition) is 3. The van der Waals surface area contributed by atoms with Gasteiger partial charge in [-0.05, 0) is 43.7 Å². The molecule has 33 heavy (non-hydrogen) atoms. The number of carbonyl (C=O) groups is 2. The fourth-order valence-corrected chi connectivity index (χ4v) is 4.05. The molecule has 0 radical (unpaired) electrons. The molecule has 0 saturated carbocycles. The molecule has 7 heteroatoms. The second-order valence-electron chi connectivity index (χ2n) is 7.71. The summed E-state index contributed by atoms with van der Waals surface area (Å²) in [6, 6.07) is 22.4. The number of aromatic nitrogens is 1. The van der Waals surface area contributed by atoms with Gasteiger partial charge in [0.05, 0.1) is 12.1 Å². The lowest BCUT2D eigenvalue weighted by Crippen LogP contribution is -2.20. The zero-order chi connectivity index (χ0) is 23.2. The van der Waals surface area contributed by atoms with Crippen LogP contribution in [0.5, 0.6) is 0 Å². The zero-order valence-corrected chi connectivity index (χ0v) is 19.2. The second kappa shape index (κ2) is 10.1. The summed E-state index contributed by atoms with van der Waals surface area (Å²) in [5.74, 6) is -0.162. The molecule has 3 aromatic carbocycles. The number of rotatable bonds is 6. The topological polar surface area (TPSA) is 83.1 Å². The summed E-state index contributed by atoms with van der Waals surface area (Å²) in [6.45, 7) is 3.95. The Morgan fingerprint density at radius 2 is 1.58 bits per heavy atom. The van der Waals surface area contributed by atoms with Gasteiger partial charge in [-0.2, -0.15) is 0 Å². The van der Waals surface area contributed by atoms with Crippen LogP contribution < -0.4 is 16.0 Å². The van der Waals surface area contributed by atoms with Gasteiger partial charge in [0, 0.05) is 28.0 Å². The van der Waals surface area contributed by atoms with E-state index in [-0.39, 0.29) is 18.4 Å². The maximum atomic E-state index is 12.7. The van der Waals surface area contributed by atoms with Gasteiger partial charge in [0.2, 0.25) is 5.91 Å². The molecule has 4 rings (SSSR count). The van der Waals surface area contributed by atoms with E-state index in [4.69, 9.17) is 0 Å². The number of urea groups is 1. The molecule has 1 heterocycles. The molecule has 166 valence electrons. The first kappa shape index (κ1) is 22.2. The second-order valence-corrected chi connectivity index (χ2v) is 8.57. The van der Waals surface area contributed by atoms with Crippen molar-refractivity contribution in [1.29, 1.82) is 0 Å². The smallest absolute Gasteiger partial charge is 0.323 e. The molecule has 0 aliphatic heterocycles. The Balaban J connectivity index is 1.38. The Kier molecular flexibility index (Phi) is 6.80. The molecule has 4 aromatic rings. The summed E-state index contributed by atoms with van der Waals surface area (Å²) in [5, 5.41) is 11.3. The minimum Gasteiger partial charge on any atom is -0.325 e. The highest BCUT2D eigenvalue weighted by molar-refractivity contribution is 7.13. The van der Waals surface area contributed by atoms with Crippen LogP contribution in [-0.4, -0.2) is 16.9 Å². The molecule has 3 amide bonds. The van der Waals surface area contributed by atoms with Crippen LogP contribution in [-0.2, 0) is 11.2 Å². The predicted octanol–water partition coefficient (Wildman–Crippen LogP) is 6.25.